The van der Waals surface area contributed by atoms with Crippen LogP contribution in [-0.4, -0.2) is 17.7 Å². The van der Waals surface area contributed by atoms with E-state index in [1.165, 1.54) is 17.2 Å². The second kappa shape index (κ2) is 10.0. The Morgan fingerprint density at radius 2 is 1.81 bits per heavy atom. The zero-order chi connectivity index (χ0) is 19.9. The van der Waals surface area contributed by atoms with E-state index in [0.29, 0.717) is 24.0 Å². The van der Waals surface area contributed by atoms with Gasteiger partial charge in [0.2, 0.25) is 0 Å². The third kappa shape index (κ3) is 6.21. The van der Waals surface area contributed by atoms with Gasteiger partial charge >= 0.3 is 5.97 Å². The van der Waals surface area contributed by atoms with Gasteiger partial charge in [-0.15, -0.1) is 0 Å². The van der Waals surface area contributed by atoms with Crippen LogP contribution in [0.15, 0.2) is 42.0 Å². The van der Waals surface area contributed by atoms with E-state index in [9.17, 15) is 4.79 Å². The van der Waals surface area contributed by atoms with E-state index >= 15 is 0 Å². The maximum absolute atomic E-state index is 10.7. The molecule has 0 bridgehead atoms. The maximum Gasteiger partial charge on any atom is 0.328 e. The predicted octanol–water partition coefficient (Wildman–Crippen LogP) is 6.32. The number of carbonyl (C=O) groups is 1. The van der Waals surface area contributed by atoms with Gasteiger partial charge in [-0.25, -0.2) is 4.79 Å². The van der Waals surface area contributed by atoms with Crippen LogP contribution < -0.4 is 4.74 Å². The minimum absolute atomic E-state index is 0.373. The highest BCUT2D eigenvalue weighted by atomic mass is 16.5. The lowest BCUT2D eigenvalue weighted by molar-refractivity contribution is -0.131. The fraction of sp³-hybridized carbons (Fsp3) is 0.435. The summed E-state index contributed by atoms with van der Waals surface area (Å²) in [7, 11) is 0. The summed E-state index contributed by atoms with van der Waals surface area (Å²) in [6.45, 7) is 15.2. The Morgan fingerprint density at radius 1 is 1.15 bits per heavy atom. The molecular weight excluding hydrogens is 324 g/mol. The van der Waals surface area contributed by atoms with Gasteiger partial charge in [0, 0.05) is 11.6 Å². The number of benzene rings is 1. The van der Waals surface area contributed by atoms with E-state index in [2.05, 4.69) is 46.8 Å². The van der Waals surface area contributed by atoms with Gasteiger partial charge in [0.15, 0.2) is 0 Å². The minimum Gasteiger partial charge on any atom is -0.493 e. The van der Waals surface area contributed by atoms with Crippen molar-refractivity contribution in [3.8, 4) is 5.75 Å². The van der Waals surface area contributed by atoms with Crippen molar-refractivity contribution in [3.05, 3.63) is 58.7 Å². The average Bonchev–Trinajstić information content (AvgIpc) is 2.53. The lowest BCUT2D eigenvalue weighted by Gasteiger charge is -2.21. The highest BCUT2D eigenvalue weighted by molar-refractivity contribution is 5.81. The number of ether oxygens (including phenoxy) is 1. The molecule has 0 saturated heterocycles. The number of hydrogen-bond acceptors (Lipinski definition) is 2. The van der Waals surface area contributed by atoms with Gasteiger partial charge < -0.3 is 9.84 Å². The average molecular weight is 357 g/mol. The van der Waals surface area contributed by atoms with Gasteiger partial charge in [0.05, 0.1) is 6.61 Å². The van der Waals surface area contributed by atoms with Crippen molar-refractivity contribution in [2.45, 2.75) is 60.3 Å². The highest BCUT2D eigenvalue weighted by Gasteiger charge is 2.17. The summed E-state index contributed by atoms with van der Waals surface area (Å²) in [5.74, 6) is 0.827. The molecule has 0 heterocycles. The first-order chi connectivity index (χ1) is 12.2. The largest absolute Gasteiger partial charge is 0.493 e. The first-order valence-electron chi connectivity index (χ1n) is 9.24. The summed E-state index contributed by atoms with van der Waals surface area (Å²) in [5.41, 5.74) is 5.42. The standard InChI is InChI=1S/C23H32O3/c1-8-26-23-20(16(4)5)13-19(15(2)3)14-21(23)18(7)11-9-10-17(6)12-22(24)25/h9-16H,8H2,1-7H3,(H,24,25)/b10-9+,17-12+,18-11-. The first kappa shape index (κ1) is 21.8. The number of aliphatic carboxylic acids is 1. The zero-order valence-corrected chi connectivity index (χ0v) is 17.1. The Hall–Kier alpha value is -2.29. The molecule has 0 fully saturated rings. The monoisotopic (exact) mass is 356 g/mol. The molecule has 3 nitrogen and oxygen atoms in total. The summed E-state index contributed by atoms with van der Waals surface area (Å²) < 4.78 is 6.01. The molecule has 0 atom stereocenters. The van der Waals surface area contributed by atoms with Crippen LogP contribution in [0.2, 0.25) is 0 Å². The number of carboxylic acids is 1. The quantitative estimate of drug-likeness (QED) is 0.438. The van der Waals surface area contributed by atoms with Crippen LogP contribution in [0.1, 0.15) is 77.0 Å². The van der Waals surface area contributed by atoms with Crippen molar-refractivity contribution < 1.29 is 14.6 Å². The van der Waals surface area contributed by atoms with Crippen LogP contribution in [-0.2, 0) is 4.79 Å². The van der Waals surface area contributed by atoms with E-state index in [4.69, 9.17) is 9.84 Å². The van der Waals surface area contributed by atoms with E-state index < -0.39 is 5.97 Å². The molecule has 0 amide bonds. The van der Waals surface area contributed by atoms with Crippen LogP contribution in [0.5, 0.6) is 5.75 Å². The molecular formula is C23H32O3. The molecule has 1 rings (SSSR count). The van der Waals surface area contributed by atoms with Crippen LogP contribution in [0.4, 0.5) is 0 Å². The topological polar surface area (TPSA) is 46.5 Å². The molecule has 1 aromatic rings. The van der Waals surface area contributed by atoms with E-state index in [0.717, 1.165) is 16.9 Å². The molecule has 0 unspecified atom stereocenters. The van der Waals surface area contributed by atoms with Crippen molar-refractivity contribution in [2.24, 2.45) is 0 Å². The summed E-state index contributed by atoms with van der Waals surface area (Å²) in [6.07, 6.45) is 6.89. The van der Waals surface area contributed by atoms with Crippen molar-refractivity contribution in [3.63, 3.8) is 0 Å². The first-order valence-corrected chi connectivity index (χ1v) is 9.24. The fourth-order valence-corrected chi connectivity index (χ4v) is 2.71. The van der Waals surface area contributed by atoms with E-state index in [1.807, 2.05) is 19.1 Å². The molecule has 0 radical (unpaired) electrons. The molecule has 0 aromatic heterocycles. The molecule has 3 heteroatoms. The summed E-state index contributed by atoms with van der Waals surface area (Å²) in [6, 6.07) is 4.47. The smallest absolute Gasteiger partial charge is 0.328 e. The van der Waals surface area contributed by atoms with Gasteiger partial charge in [-0.1, -0.05) is 52.0 Å². The van der Waals surface area contributed by atoms with Crippen molar-refractivity contribution in [1.82, 2.24) is 0 Å². The Kier molecular flexibility index (Phi) is 8.37. The van der Waals surface area contributed by atoms with Crippen LogP contribution in [0, 0.1) is 0 Å². The summed E-state index contributed by atoms with van der Waals surface area (Å²) >= 11 is 0. The van der Waals surface area contributed by atoms with Crippen molar-refractivity contribution >= 4 is 11.5 Å². The predicted molar refractivity (Wildman–Crippen MR) is 110 cm³/mol. The van der Waals surface area contributed by atoms with E-state index in [-0.39, 0.29) is 0 Å². The second-order valence-corrected chi connectivity index (χ2v) is 7.16. The lowest BCUT2D eigenvalue weighted by atomic mass is 9.89. The maximum atomic E-state index is 10.7. The second-order valence-electron chi connectivity index (χ2n) is 7.16. The highest BCUT2D eigenvalue weighted by Crippen LogP contribution is 2.37. The molecule has 142 valence electrons. The fourth-order valence-electron chi connectivity index (χ4n) is 2.71. The van der Waals surface area contributed by atoms with Crippen LogP contribution >= 0.6 is 0 Å². The molecule has 0 aliphatic carbocycles. The van der Waals surface area contributed by atoms with Gasteiger partial charge in [-0.2, -0.15) is 0 Å². The molecule has 1 N–H and O–H groups in total. The third-order valence-electron chi connectivity index (χ3n) is 4.20. The van der Waals surface area contributed by atoms with Crippen molar-refractivity contribution in [2.75, 3.05) is 6.61 Å². The Bertz CT molecular complexity index is 719. The van der Waals surface area contributed by atoms with Gasteiger partial charge in [-0.3, -0.25) is 0 Å². The number of rotatable bonds is 8. The SMILES string of the molecule is CCOc1c(\C(C)=C/C=C/C(C)=C/C(=O)O)cc(C(C)C)cc1C(C)C. The lowest BCUT2D eigenvalue weighted by Crippen LogP contribution is -2.04. The third-order valence-corrected chi connectivity index (χ3v) is 4.20. The van der Waals surface area contributed by atoms with Gasteiger partial charge in [0.1, 0.15) is 5.75 Å². The number of allylic oxidation sites excluding steroid dienone is 5. The Labute approximate surface area is 158 Å². The molecule has 0 spiro atoms. The Morgan fingerprint density at radius 3 is 2.31 bits per heavy atom. The number of hydrogen-bond donors (Lipinski definition) is 1. The molecule has 26 heavy (non-hydrogen) atoms. The summed E-state index contributed by atoms with van der Waals surface area (Å²) in [4.78, 5) is 10.7. The normalized spacial score (nSPS) is 13.1. The zero-order valence-electron chi connectivity index (χ0n) is 17.1. The molecule has 0 aliphatic rings. The minimum atomic E-state index is -0.933. The van der Waals surface area contributed by atoms with Crippen LogP contribution in [0.25, 0.3) is 5.57 Å². The Balaban J connectivity index is 3.41. The molecule has 0 saturated carbocycles. The van der Waals surface area contributed by atoms with E-state index in [1.54, 1.807) is 13.0 Å². The molecule has 0 aliphatic heterocycles. The van der Waals surface area contributed by atoms with Crippen molar-refractivity contribution in [1.29, 1.82) is 0 Å². The van der Waals surface area contributed by atoms with Gasteiger partial charge in [0.25, 0.3) is 0 Å². The summed E-state index contributed by atoms with van der Waals surface area (Å²) in [5, 5.41) is 8.79. The van der Waals surface area contributed by atoms with Gasteiger partial charge in [-0.05, 0) is 60.9 Å². The number of carboxylic acid groups (broad SMARTS) is 1. The van der Waals surface area contributed by atoms with Crippen LogP contribution in [0.3, 0.4) is 0 Å². The molecule has 1 aromatic carbocycles.